The van der Waals surface area contributed by atoms with Gasteiger partial charge in [0.1, 0.15) is 0 Å². The molecule has 122 valence electrons. The van der Waals surface area contributed by atoms with Gasteiger partial charge in [0.25, 0.3) is 0 Å². The quantitative estimate of drug-likeness (QED) is 0.619. The molecule has 0 aromatic heterocycles. The molecule has 0 spiro atoms. The summed E-state index contributed by atoms with van der Waals surface area (Å²) >= 11 is 0. The lowest BCUT2D eigenvalue weighted by Gasteiger charge is -2.40. The van der Waals surface area contributed by atoms with Crippen molar-refractivity contribution in [2.75, 3.05) is 26.7 Å². The van der Waals surface area contributed by atoms with Crippen molar-refractivity contribution in [2.45, 2.75) is 53.1 Å². The van der Waals surface area contributed by atoms with Crippen LogP contribution >= 0.6 is 0 Å². The number of aliphatic imine (C=N–C) groups is 1. The van der Waals surface area contributed by atoms with Crippen LogP contribution in [0.4, 0.5) is 0 Å². The number of nitrogens with zero attached hydrogens (tertiary/aromatic N) is 1. The molecule has 0 aromatic carbocycles. The number of guanidine groups is 1. The van der Waals surface area contributed by atoms with Crippen molar-refractivity contribution in [3.8, 4) is 0 Å². The van der Waals surface area contributed by atoms with Crippen molar-refractivity contribution < 1.29 is 4.74 Å². The van der Waals surface area contributed by atoms with Gasteiger partial charge >= 0.3 is 0 Å². The van der Waals surface area contributed by atoms with Crippen molar-refractivity contribution in [1.29, 1.82) is 0 Å². The Balaban J connectivity index is 1.78. The zero-order valence-electron chi connectivity index (χ0n) is 14.4. The van der Waals surface area contributed by atoms with Gasteiger partial charge in [0.05, 0.1) is 6.10 Å². The lowest BCUT2D eigenvalue weighted by Crippen LogP contribution is -2.47. The maximum atomic E-state index is 6.04. The van der Waals surface area contributed by atoms with Crippen molar-refractivity contribution in [3.05, 3.63) is 0 Å². The lowest BCUT2D eigenvalue weighted by atomic mass is 9.78. The predicted octanol–water partition coefficient (Wildman–Crippen LogP) is 2.65. The molecule has 2 aliphatic rings. The second kappa shape index (κ2) is 6.99. The molecule has 1 saturated carbocycles. The predicted molar refractivity (Wildman–Crippen MR) is 88.6 cm³/mol. The van der Waals surface area contributed by atoms with Gasteiger partial charge in [-0.2, -0.15) is 0 Å². The largest absolute Gasteiger partial charge is 0.377 e. The van der Waals surface area contributed by atoms with E-state index in [0.29, 0.717) is 12.0 Å². The van der Waals surface area contributed by atoms with Gasteiger partial charge in [0.2, 0.25) is 0 Å². The molecular formula is C17H33N3O. The molecule has 0 amide bonds. The highest BCUT2D eigenvalue weighted by Crippen LogP contribution is 2.36. The molecule has 2 N–H and O–H groups in total. The first-order valence-corrected chi connectivity index (χ1v) is 8.48. The zero-order valence-corrected chi connectivity index (χ0v) is 14.4. The van der Waals surface area contributed by atoms with E-state index in [4.69, 9.17) is 4.74 Å². The Morgan fingerprint density at radius 2 is 1.81 bits per heavy atom. The summed E-state index contributed by atoms with van der Waals surface area (Å²) in [5.74, 6) is 3.22. The normalized spacial score (nSPS) is 33.7. The van der Waals surface area contributed by atoms with E-state index in [-0.39, 0.29) is 5.41 Å². The Kier molecular flexibility index (Phi) is 5.53. The van der Waals surface area contributed by atoms with E-state index in [0.717, 1.165) is 37.5 Å². The lowest BCUT2D eigenvalue weighted by molar-refractivity contribution is -0.0835. The third-order valence-electron chi connectivity index (χ3n) is 4.86. The fourth-order valence-electron chi connectivity index (χ4n) is 3.37. The highest BCUT2D eigenvalue weighted by Gasteiger charge is 2.35. The van der Waals surface area contributed by atoms with Crippen molar-refractivity contribution in [1.82, 2.24) is 10.6 Å². The Morgan fingerprint density at radius 1 is 1.19 bits per heavy atom. The molecule has 2 fully saturated rings. The number of ether oxygens (including phenoxy) is 1. The highest BCUT2D eigenvalue weighted by molar-refractivity contribution is 5.79. The van der Waals surface area contributed by atoms with E-state index >= 15 is 0 Å². The number of nitrogens with one attached hydrogen (secondary N) is 2. The second-order valence-electron chi connectivity index (χ2n) is 7.87. The minimum atomic E-state index is 0.202. The van der Waals surface area contributed by atoms with Crippen LogP contribution in [0, 0.1) is 23.2 Å². The summed E-state index contributed by atoms with van der Waals surface area (Å²) < 4.78 is 6.04. The molecule has 4 heteroatoms. The Labute approximate surface area is 130 Å². The van der Waals surface area contributed by atoms with Gasteiger partial charge in [0, 0.05) is 32.7 Å². The molecule has 0 bridgehead atoms. The van der Waals surface area contributed by atoms with E-state index < -0.39 is 0 Å². The highest BCUT2D eigenvalue weighted by atomic mass is 16.5. The number of hydrogen-bond acceptors (Lipinski definition) is 2. The minimum absolute atomic E-state index is 0.202. The molecule has 1 aliphatic heterocycles. The molecule has 1 heterocycles. The van der Waals surface area contributed by atoms with Crippen LogP contribution in [0.2, 0.25) is 0 Å². The van der Waals surface area contributed by atoms with Crippen molar-refractivity contribution in [3.63, 3.8) is 0 Å². The van der Waals surface area contributed by atoms with Crippen molar-refractivity contribution in [2.24, 2.45) is 28.2 Å². The van der Waals surface area contributed by atoms with Crippen LogP contribution in [0.25, 0.3) is 0 Å². The third-order valence-corrected chi connectivity index (χ3v) is 4.86. The van der Waals surface area contributed by atoms with Crippen LogP contribution in [0.3, 0.4) is 0 Å². The van der Waals surface area contributed by atoms with Gasteiger partial charge in [-0.3, -0.25) is 4.99 Å². The van der Waals surface area contributed by atoms with Crippen LogP contribution in [0.5, 0.6) is 0 Å². The Bertz CT molecular complexity index is 362. The molecule has 2 rings (SSSR count). The summed E-state index contributed by atoms with van der Waals surface area (Å²) in [7, 11) is 1.85. The first-order chi connectivity index (χ1) is 9.91. The van der Waals surface area contributed by atoms with E-state index in [9.17, 15) is 0 Å². The van der Waals surface area contributed by atoms with Gasteiger partial charge in [-0.25, -0.2) is 0 Å². The molecule has 21 heavy (non-hydrogen) atoms. The van der Waals surface area contributed by atoms with Gasteiger partial charge in [0.15, 0.2) is 5.96 Å². The Hall–Kier alpha value is -0.770. The van der Waals surface area contributed by atoms with E-state index in [1.807, 2.05) is 7.05 Å². The maximum absolute atomic E-state index is 6.04. The van der Waals surface area contributed by atoms with E-state index in [1.54, 1.807) is 0 Å². The summed E-state index contributed by atoms with van der Waals surface area (Å²) in [6.45, 7) is 12.0. The second-order valence-corrected chi connectivity index (χ2v) is 7.87. The van der Waals surface area contributed by atoms with Crippen molar-refractivity contribution >= 4 is 5.96 Å². The molecule has 4 atom stereocenters. The monoisotopic (exact) mass is 295 g/mol. The maximum Gasteiger partial charge on any atom is 0.190 e. The first kappa shape index (κ1) is 16.6. The SMILES string of the molecule is CN=C(NCC1CC1C)NCC1CCCOC1C(C)(C)C. The average Bonchev–Trinajstić information content (AvgIpc) is 3.14. The van der Waals surface area contributed by atoms with Gasteiger partial charge in [-0.05, 0) is 36.5 Å². The first-order valence-electron chi connectivity index (χ1n) is 8.48. The fraction of sp³-hybridized carbons (Fsp3) is 0.941. The summed E-state index contributed by atoms with van der Waals surface area (Å²) in [5.41, 5.74) is 0.202. The van der Waals surface area contributed by atoms with E-state index in [2.05, 4.69) is 43.3 Å². The molecule has 1 aliphatic carbocycles. The van der Waals surface area contributed by atoms with Crippen LogP contribution in [-0.4, -0.2) is 38.8 Å². The van der Waals surface area contributed by atoms with Crippen LogP contribution < -0.4 is 10.6 Å². The van der Waals surface area contributed by atoms with Gasteiger partial charge < -0.3 is 15.4 Å². The average molecular weight is 295 g/mol. The van der Waals surface area contributed by atoms with Gasteiger partial charge in [-0.15, -0.1) is 0 Å². The molecule has 4 unspecified atom stereocenters. The fourth-order valence-corrected chi connectivity index (χ4v) is 3.37. The summed E-state index contributed by atoms with van der Waals surface area (Å²) in [4.78, 5) is 4.34. The van der Waals surface area contributed by atoms with E-state index in [1.165, 1.54) is 19.3 Å². The van der Waals surface area contributed by atoms with Crippen LogP contribution in [0.15, 0.2) is 4.99 Å². The van der Waals surface area contributed by atoms with Gasteiger partial charge in [-0.1, -0.05) is 27.7 Å². The zero-order chi connectivity index (χ0) is 15.5. The third kappa shape index (κ3) is 4.87. The molecule has 4 nitrogen and oxygen atoms in total. The Morgan fingerprint density at radius 3 is 2.33 bits per heavy atom. The van der Waals surface area contributed by atoms with Crippen LogP contribution in [0.1, 0.15) is 47.0 Å². The van der Waals surface area contributed by atoms with Crippen LogP contribution in [-0.2, 0) is 4.74 Å². The molecule has 0 aromatic rings. The summed E-state index contributed by atoms with van der Waals surface area (Å²) in [5, 5.41) is 6.95. The summed E-state index contributed by atoms with van der Waals surface area (Å²) in [6.07, 6.45) is 4.10. The summed E-state index contributed by atoms with van der Waals surface area (Å²) in [6, 6.07) is 0. The topological polar surface area (TPSA) is 45.7 Å². The molecule has 0 radical (unpaired) electrons. The molecule has 1 saturated heterocycles. The standard InChI is InChI=1S/C17H33N3O/c1-12-9-14(12)11-20-16(18-5)19-10-13-7-6-8-21-15(13)17(2,3)4/h12-15H,6-11H2,1-5H3,(H2,18,19,20). The smallest absolute Gasteiger partial charge is 0.190 e. The molecular weight excluding hydrogens is 262 g/mol. The minimum Gasteiger partial charge on any atom is -0.377 e. The number of rotatable bonds is 4. The number of hydrogen-bond donors (Lipinski definition) is 2.